The second kappa shape index (κ2) is 10.2. The van der Waals surface area contributed by atoms with E-state index < -0.39 is 0 Å². The number of nitrogens with zero attached hydrogens (tertiary/aromatic N) is 1. The lowest BCUT2D eigenvalue weighted by Crippen LogP contribution is -2.26. The zero-order valence-corrected chi connectivity index (χ0v) is 15.9. The Morgan fingerprint density at radius 3 is 2.62 bits per heavy atom. The van der Waals surface area contributed by atoms with E-state index in [0.29, 0.717) is 24.3 Å². The van der Waals surface area contributed by atoms with E-state index >= 15 is 0 Å². The van der Waals surface area contributed by atoms with Crippen molar-refractivity contribution in [3.8, 4) is 5.75 Å². The van der Waals surface area contributed by atoms with Crippen molar-refractivity contribution < 1.29 is 19.0 Å². The molecule has 1 amide bonds. The topological polar surface area (TPSA) is 49.8 Å². The van der Waals surface area contributed by atoms with Crippen LogP contribution in [-0.4, -0.2) is 35.8 Å². The molecule has 6 heteroatoms. The lowest BCUT2D eigenvalue weighted by atomic mass is 10.1. The zero-order valence-electron chi connectivity index (χ0n) is 15.1. The molecule has 26 heavy (non-hydrogen) atoms. The van der Waals surface area contributed by atoms with Crippen LogP contribution in [0.5, 0.6) is 5.75 Å². The van der Waals surface area contributed by atoms with Gasteiger partial charge in [-0.3, -0.25) is 4.79 Å². The van der Waals surface area contributed by atoms with E-state index in [4.69, 9.17) is 9.84 Å². The fourth-order valence-electron chi connectivity index (χ4n) is 2.51. The molecule has 0 saturated heterocycles. The summed E-state index contributed by atoms with van der Waals surface area (Å²) in [6, 6.07) is 12.0. The SMILES string of the molecule is COc1ccc(F)cc1CN(C)C(=O)CCCSc1ccc(CO)cc1. The first-order chi connectivity index (χ1) is 12.5. The third-order valence-electron chi connectivity index (χ3n) is 3.99. The van der Waals surface area contributed by atoms with Gasteiger partial charge in [-0.1, -0.05) is 12.1 Å². The Morgan fingerprint density at radius 1 is 1.23 bits per heavy atom. The number of hydrogen-bond acceptors (Lipinski definition) is 4. The number of carbonyl (C=O) groups excluding carboxylic acids is 1. The molecule has 4 nitrogen and oxygen atoms in total. The molecule has 0 heterocycles. The minimum atomic E-state index is -0.342. The van der Waals surface area contributed by atoms with E-state index in [9.17, 15) is 9.18 Å². The zero-order chi connectivity index (χ0) is 18.9. The number of benzene rings is 2. The largest absolute Gasteiger partial charge is 0.496 e. The van der Waals surface area contributed by atoms with Crippen molar-refractivity contribution in [1.82, 2.24) is 4.90 Å². The number of rotatable bonds is 9. The van der Waals surface area contributed by atoms with Crippen LogP contribution in [0.25, 0.3) is 0 Å². The maximum atomic E-state index is 13.4. The molecule has 2 rings (SSSR count). The number of thioether (sulfide) groups is 1. The Kier molecular flexibility index (Phi) is 7.94. The van der Waals surface area contributed by atoms with Crippen molar-refractivity contribution in [2.24, 2.45) is 0 Å². The minimum Gasteiger partial charge on any atom is -0.496 e. The highest BCUT2D eigenvalue weighted by molar-refractivity contribution is 7.99. The number of aliphatic hydroxyl groups is 1. The van der Waals surface area contributed by atoms with Gasteiger partial charge in [0.05, 0.1) is 13.7 Å². The quantitative estimate of drug-likeness (QED) is 0.533. The van der Waals surface area contributed by atoms with Gasteiger partial charge in [-0.25, -0.2) is 4.39 Å². The number of hydrogen-bond donors (Lipinski definition) is 1. The third-order valence-corrected chi connectivity index (χ3v) is 5.08. The van der Waals surface area contributed by atoms with Crippen LogP contribution in [-0.2, 0) is 17.9 Å². The molecule has 1 N–H and O–H groups in total. The van der Waals surface area contributed by atoms with Crippen molar-refractivity contribution in [2.75, 3.05) is 19.9 Å². The fraction of sp³-hybridized carbons (Fsp3) is 0.350. The van der Waals surface area contributed by atoms with Crippen LogP contribution in [0.3, 0.4) is 0 Å². The van der Waals surface area contributed by atoms with Crippen molar-refractivity contribution in [3.63, 3.8) is 0 Å². The molecule has 0 unspecified atom stereocenters. The van der Waals surface area contributed by atoms with Gasteiger partial charge < -0.3 is 14.7 Å². The van der Waals surface area contributed by atoms with Gasteiger partial charge in [-0.05, 0) is 48.1 Å². The van der Waals surface area contributed by atoms with Crippen LogP contribution >= 0.6 is 11.8 Å². The first-order valence-electron chi connectivity index (χ1n) is 8.42. The number of amides is 1. The first kappa shape index (κ1) is 20.3. The molecule has 0 atom stereocenters. The summed E-state index contributed by atoms with van der Waals surface area (Å²) >= 11 is 1.68. The molecule has 0 saturated carbocycles. The first-order valence-corrected chi connectivity index (χ1v) is 9.41. The summed E-state index contributed by atoms with van der Waals surface area (Å²) in [5.41, 5.74) is 1.54. The normalized spacial score (nSPS) is 10.6. The maximum Gasteiger partial charge on any atom is 0.222 e. The molecule has 140 valence electrons. The Hall–Kier alpha value is -2.05. The van der Waals surface area contributed by atoms with Gasteiger partial charge in [0.1, 0.15) is 11.6 Å². The van der Waals surface area contributed by atoms with Crippen molar-refractivity contribution in [3.05, 3.63) is 59.4 Å². The lowest BCUT2D eigenvalue weighted by molar-refractivity contribution is -0.130. The number of aliphatic hydroxyl groups excluding tert-OH is 1. The lowest BCUT2D eigenvalue weighted by Gasteiger charge is -2.19. The summed E-state index contributed by atoms with van der Waals surface area (Å²) in [6.45, 7) is 0.359. The van der Waals surface area contributed by atoms with E-state index in [1.54, 1.807) is 29.8 Å². The van der Waals surface area contributed by atoms with Gasteiger partial charge in [-0.15, -0.1) is 11.8 Å². The molecule has 0 fully saturated rings. The van der Waals surface area contributed by atoms with E-state index in [0.717, 1.165) is 22.6 Å². The smallest absolute Gasteiger partial charge is 0.222 e. The summed E-state index contributed by atoms with van der Waals surface area (Å²) in [4.78, 5) is 15.0. The molecule has 0 spiro atoms. The average molecular weight is 377 g/mol. The summed E-state index contributed by atoms with van der Waals surface area (Å²) in [5.74, 6) is 1.09. The summed E-state index contributed by atoms with van der Waals surface area (Å²) in [5, 5.41) is 9.03. The van der Waals surface area contributed by atoms with Gasteiger partial charge >= 0.3 is 0 Å². The predicted molar refractivity (Wildman–Crippen MR) is 102 cm³/mol. The predicted octanol–water partition coefficient (Wildman–Crippen LogP) is 3.86. The molecule has 0 aromatic heterocycles. The van der Waals surface area contributed by atoms with Gasteiger partial charge in [0.2, 0.25) is 5.91 Å². The van der Waals surface area contributed by atoms with Gasteiger partial charge in [0, 0.05) is 30.5 Å². The molecule has 0 aliphatic rings. The minimum absolute atomic E-state index is 0.0209. The van der Waals surface area contributed by atoms with Gasteiger partial charge in [-0.2, -0.15) is 0 Å². The Labute approximate surface area is 158 Å². The number of carbonyl (C=O) groups is 1. The summed E-state index contributed by atoms with van der Waals surface area (Å²) < 4.78 is 18.6. The Morgan fingerprint density at radius 2 is 1.96 bits per heavy atom. The molecule has 2 aromatic rings. The van der Waals surface area contributed by atoms with E-state index in [2.05, 4.69) is 0 Å². The molecule has 0 aliphatic heterocycles. The molecule has 0 aliphatic carbocycles. The second-order valence-electron chi connectivity index (χ2n) is 5.96. The number of methoxy groups -OCH3 is 1. The number of ether oxygens (including phenoxy) is 1. The van der Waals surface area contributed by atoms with E-state index in [-0.39, 0.29) is 18.3 Å². The van der Waals surface area contributed by atoms with Crippen LogP contribution in [0.4, 0.5) is 4.39 Å². The standard InChI is InChI=1S/C20H24FNO3S/c1-22(13-16-12-17(21)7-10-19(16)25-2)20(24)4-3-11-26-18-8-5-15(14-23)6-9-18/h5-10,12,23H,3-4,11,13-14H2,1-2H3. The van der Waals surface area contributed by atoms with Crippen LogP contribution in [0.1, 0.15) is 24.0 Å². The van der Waals surface area contributed by atoms with E-state index in [1.807, 2.05) is 24.3 Å². The molecule has 0 bridgehead atoms. The van der Waals surface area contributed by atoms with Crippen LogP contribution < -0.4 is 4.74 Å². The van der Waals surface area contributed by atoms with Crippen LogP contribution in [0.15, 0.2) is 47.4 Å². The van der Waals surface area contributed by atoms with Crippen molar-refractivity contribution in [2.45, 2.75) is 30.9 Å². The third kappa shape index (κ3) is 6.04. The highest BCUT2D eigenvalue weighted by atomic mass is 32.2. The number of halogens is 1. The molecular formula is C20H24FNO3S. The van der Waals surface area contributed by atoms with Crippen LogP contribution in [0, 0.1) is 5.82 Å². The highest BCUT2D eigenvalue weighted by Crippen LogP contribution is 2.22. The Bertz CT molecular complexity index is 721. The molecular weight excluding hydrogens is 353 g/mol. The Balaban J connectivity index is 1.77. The monoisotopic (exact) mass is 377 g/mol. The highest BCUT2D eigenvalue weighted by Gasteiger charge is 2.12. The second-order valence-corrected chi connectivity index (χ2v) is 7.13. The van der Waals surface area contributed by atoms with Gasteiger partial charge in [0.15, 0.2) is 0 Å². The van der Waals surface area contributed by atoms with Crippen LogP contribution in [0.2, 0.25) is 0 Å². The van der Waals surface area contributed by atoms with Crippen molar-refractivity contribution in [1.29, 1.82) is 0 Å². The summed E-state index contributed by atoms with van der Waals surface area (Å²) in [7, 11) is 3.25. The average Bonchev–Trinajstić information content (AvgIpc) is 2.65. The maximum absolute atomic E-state index is 13.4. The molecule has 2 aromatic carbocycles. The van der Waals surface area contributed by atoms with Crippen molar-refractivity contribution >= 4 is 17.7 Å². The fourth-order valence-corrected chi connectivity index (χ4v) is 3.36. The summed E-state index contributed by atoms with van der Waals surface area (Å²) in [6.07, 6.45) is 1.20. The molecule has 0 radical (unpaired) electrons. The van der Waals surface area contributed by atoms with Gasteiger partial charge in [0.25, 0.3) is 0 Å². The van der Waals surface area contributed by atoms with E-state index in [1.165, 1.54) is 19.2 Å².